The Hall–Kier alpha value is -1.69. The number of hydrogen-bond donors (Lipinski definition) is 1. The predicted molar refractivity (Wildman–Crippen MR) is 145 cm³/mol. The van der Waals surface area contributed by atoms with E-state index in [9.17, 15) is 14.3 Å². The molecule has 3 rings (SSSR count). The number of carboxylic acids is 1. The third-order valence-electron chi connectivity index (χ3n) is 7.60. The summed E-state index contributed by atoms with van der Waals surface area (Å²) in [5, 5.41) is 14.5. The van der Waals surface area contributed by atoms with Crippen molar-refractivity contribution in [2.24, 2.45) is 5.41 Å². The molecule has 1 aliphatic heterocycles. The largest absolute Gasteiger partial charge is 0.481 e. The lowest BCUT2D eigenvalue weighted by molar-refractivity contribution is -0.147. The number of ether oxygens (including phenoxy) is 1. The second kappa shape index (κ2) is 11.6. The maximum Gasteiger partial charge on any atom is 0.309 e. The predicted octanol–water partition coefficient (Wildman–Crippen LogP) is 7.01. The number of rotatable bonds is 10. The van der Waals surface area contributed by atoms with Gasteiger partial charge in [-0.3, -0.25) is 9.78 Å². The molecule has 0 aliphatic carbocycles. The molecule has 0 amide bonds. The van der Waals surface area contributed by atoms with Crippen LogP contribution in [0.2, 0.25) is 18.1 Å². The first-order valence-corrected chi connectivity index (χ1v) is 16.6. The molecule has 1 saturated heterocycles. The molecule has 0 bridgehead atoms. The van der Waals surface area contributed by atoms with Gasteiger partial charge >= 0.3 is 5.97 Å². The third-order valence-corrected chi connectivity index (χ3v) is 12.4. The summed E-state index contributed by atoms with van der Waals surface area (Å²) < 4.78 is 29.4. The molecular weight excluding hydrogens is 559 g/mol. The van der Waals surface area contributed by atoms with Gasteiger partial charge in [0.15, 0.2) is 14.5 Å². The van der Waals surface area contributed by atoms with E-state index >= 15 is 0 Å². The SMILES string of the molecule is CC(C)(CC(CC(O[Si](C)(C)C(C)(C)C)c1cncc(F)c1)c1nc(Br)nn1C1CCCCO1)C(=O)O. The Morgan fingerprint density at radius 3 is 2.57 bits per heavy atom. The van der Waals surface area contributed by atoms with Crippen LogP contribution in [-0.2, 0) is 14.0 Å². The van der Waals surface area contributed by atoms with E-state index in [0.717, 1.165) is 19.3 Å². The molecule has 3 heterocycles. The van der Waals surface area contributed by atoms with Gasteiger partial charge in [-0.2, -0.15) is 0 Å². The normalized spacial score (nSPS) is 19.0. The summed E-state index contributed by atoms with van der Waals surface area (Å²) in [5.41, 5.74) is -0.412. The lowest BCUT2D eigenvalue weighted by Crippen LogP contribution is -2.42. The summed E-state index contributed by atoms with van der Waals surface area (Å²) in [4.78, 5) is 21.0. The highest BCUT2D eigenvalue weighted by atomic mass is 79.9. The van der Waals surface area contributed by atoms with Gasteiger partial charge in [-0.05, 0) is 86.1 Å². The first-order valence-electron chi connectivity index (χ1n) is 12.9. The fourth-order valence-electron chi connectivity index (χ4n) is 4.35. The third kappa shape index (κ3) is 7.45. The molecule has 0 aromatic carbocycles. The fraction of sp³-hybridized carbons (Fsp3) is 0.692. The maximum atomic E-state index is 14.3. The van der Waals surface area contributed by atoms with Gasteiger partial charge in [0, 0.05) is 24.3 Å². The van der Waals surface area contributed by atoms with Crippen molar-refractivity contribution in [3.63, 3.8) is 0 Å². The molecular formula is C26H40BrFN4O4Si. The van der Waals surface area contributed by atoms with Crippen LogP contribution in [0.1, 0.15) is 96.4 Å². The van der Waals surface area contributed by atoms with Crippen molar-refractivity contribution in [2.75, 3.05) is 6.61 Å². The zero-order valence-electron chi connectivity index (χ0n) is 22.9. The molecule has 206 valence electrons. The Balaban J connectivity index is 2.08. The van der Waals surface area contributed by atoms with Crippen molar-refractivity contribution < 1.29 is 23.5 Å². The van der Waals surface area contributed by atoms with Crippen LogP contribution >= 0.6 is 15.9 Å². The van der Waals surface area contributed by atoms with Gasteiger partial charge in [0.25, 0.3) is 0 Å². The Bertz CT molecular complexity index is 1080. The highest BCUT2D eigenvalue weighted by molar-refractivity contribution is 9.10. The quantitative estimate of drug-likeness (QED) is 0.293. The first-order chi connectivity index (χ1) is 17.1. The zero-order valence-corrected chi connectivity index (χ0v) is 25.5. The Kier molecular flexibility index (Phi) is 9.35. The lowest BCUT2D eigenvalue weighted by Gasteiger charge is -2.40. The van der Waals surface area contributed by atoms with Gasteiger partial charge in [0.2, 0.25) is 4.73 Å². The van der Waals surface area contributed by atoms with Crippen molar-refractivity contribution in [3.8, 4) is 0 Å². The van der Waals surface area contributed by atoms with E-state index in [2.05, 4.69) is 59.9 Å². The van der Waals surface area contributed by atoms with E-state index < -0.39 is 31.6 Å². The average Bonchev–Trinajstić information content (AvgIpc) is 3.19. The molecule has 3 atom stereocenters. The van der Waals surface area contributed by atoms with E-state index in [1.807, 2.05) is 0 Å². The topological polar surface area (TPSA) is 99.4 Å². The minimum Gasteiger partial charge on any atom is -0.481 e. The van der Waals surface area contributed by atoms with Crippen LogP contribution in [0.5, 0.6) is 0 Å². The Labute approximate surface area is 228 Å². The first kappa shape index (κ1) is 29.9. The highest BCUT2D eigenvalue weighted by Crippen LogP contribution is 2.45. The zero-order chi connectivity index (χ0) is 27.6. The van der Waals surface area contributed by atoms with Crippen LogP contribution in [0, 0.1) is 11.2 Å². The second-order valence-electron chi connectivity index (χ2n) is 12.1. The van der Waals surface area contributed by atoms with Gasteiger partial charge < -0.3 is 14.3 Å². The van der Waals surface area contributed by atoms with Crippen LogP contribution in [0.15, 0.2) is 23.2 Å². The summed E-state index contributed by atoms with van der Waals surface area (Å²) in [6.45, 7) is 14.8. The highest BCUT2D eigenvalue weighted by Gasteiger charge is 2.42. The molecule has 1 aliphatic rings. The summed E-state index contributed by atoms with van der Waals surface area (Å²) in [6, 6.07) is 1.45. The van der Waals surface area contributed by atoms with Crippen LogP contribution in [0.25, 0.3) is 0 Å². The molecule has 0 radical (unpaired) electrons. The Morgan fingerprint density at radius 2 is 2.00 bits per heavy atom. The van der Waals surface area contributed by atoms with Gasteiger partial charge in [-0.15, -0.1) is 5.10 Å². The van der Waals surface area contributed by atoms with E-state index in [4.69, 9.17) is 14.1 Å². The number of aromatic nitrogens is 4. The average molecular weight is 600 g/mol. The number of pyridine rings is 1. The van der Waals surface area contributed by atoms with Crippen molar-refractivity contribution in [1.82, 2.24) is 19.7 Å². The molecule has 2 aromatic heterocycles. The van der Waals surface area contributed by atoms with Crippen LogP contribution in [-0.4, -0.2) is 45.7 Å². The van der Waals surface area contributed by atoms with Crippen molar-refractivity contribution in [3.05, 3.63) is 40.4 Å². The summed E-state index contributed by atoms with van der Waals surface area (Å²) in [5.74, 6) is -1.05. The molecule has 3 unspecified atom stereocenters. The molecule has 37 heavy (non-hydrogen) atoms. The number of carboxylic acid groups (broad SMARTS) is 1. The van der Waals surface area contributed by atoms with E-state index in [0.29, 0.717) is 35.6 Å². The minimum atomic E-state index is -2.30. The molecule has 8 nitrogen and oxygen atoms in total. The molecule has 11 heteroatoms. The van der Waals surface area contributed by atoms with Crippen molar-refractivity contribution >= 4 is 30.2 Å². The second-order valence-corrected chi connectivity index (χ2v) is 17.6. The molecule has 1 N–H and O–H groups in total. The Morgan fingerprint density at radius 1 is 1.30 bits per heavy atom. The minimum absolute atomic E-state index is 0.0825. The number of nitrogens with zero attached hydrogens (tertiary/aromatic N) is 4. The fourth-order valence-corrected chi connectivity index (χ4v) is 6.00. The summed E-state index contributed by atoms with van der Waals surface area (Å²) >= 11 is 3.42. The number of halogens is 2. The van der Waals surface area contributed by atoms with E-state index in [-0.39, 0.29) is 17.2 Å². The van der Waals surface area contributed by atoms with Crippen LogP contribution in [0.3, 0.4) is 0 Å². The monoisotopic (exact) mass is 598 g/mol. The number of hydrogen-bond acceptors (Lipinski definition) is 6. The number of carbonyl (C=O) groups is 1. The summed E-state index contributed by atoms with van der Waals surface area (Å²) in [7, 11) is -2.30. The smallest absolute Gasteiger partial charge is 0.309 e. The molecule has 2 aromatic rings. The van der Waals surface area contributed by atoms with Crippen molar-refractivity contribution in [1.29, 1.82) is 0 Å². The van der Waals surface area contributed by atoms with Gasteiger partial charge in [-0.1, -0.05) is 20.8 Å². The molecule has 0 saturated carbocycles. The van der Waals surface area contributed by atoms with Crippen LogP contribution < -0.4 is 0 Å². The van der Waals surface area contributed by atoms with Gasteiger partial charge in [0.05, 0.1) is 17.7 Å². The van der Waals surface area contributed by atoms with E-state index in [1.54, 1.807) is 24.7 Å². The summed E-state index contributed by atoms with van der Waals surface area (Å²) in [6.07, 6.45) is 5.52. The van der Waals surface area contributed by atoms with Crippen LogP contribution in [0.4, 0.5) is 4.39 Å². The van der Waals surface area contributed by atoms with Crippen molar-refractivity contribution in [2.45, 2.75) is 103 Å². The maximum absolute atomic E-state index is 14.3. The van der Waals surface area contributed by atoms with Gasteiger partial charge in [-0.25, -0.2) is 14.1 Å². The number of aliphatic carboxylic acids is 1. The van der Waals surface area contributed by atoms with E-state index in [1.165, 1.54) is 12.3 Å². The van der Waals surface area contributed by atoms with Gasteiger partial charge in [0.1, 0.15) is 11.6 Å². The molecule has 0 spiro atoms. The molecule has 1 fully saturated rings. The standard InChI is InChI=1S/C26H40BrFN4O4Si/c1-25(2,3)37(6,7)36-20(18-12-19(28)16-29-15-18)13-17(14-26(4,5)23(33)34)22-30-24(27)31-32(22)21-10-8-9-11-35-21/h12,15-17,20-21H,8-11,13-14H2,1-7H3,(H,33,34). The lowest BCUT2D eigenvalue weighted by atomic mass is 9.79.